The monoisotopic (exact) mass is 460 g/mol. The molecule has 7 heteroatoms. The molecule has 34 heavy (non-hydrogen) atoms. The molecule has 0 fully saturated rings. The lowest BCUT2D eigenvalue weighted by Gasteiger charge is -2.21. The van der Waals surface area contributed by atoms with E-state index >= 15 is 0 Å². The van der Waals surface area contributed by atoms with Crippen LogP contribution in [0.3, 0.4) is 0 Å². The fourth-order valence-electron chi connectivity index (χ4n) is 3.45. The van der Waals surface area contributed by atoms with Crippen molar-refractivity contribution in [3.05, 3.63) is 108 Å². The number of hydrogen-bond donors (Lipinski definition) is 3. The zero-order chi connectivity index (χ0) is 24.2. The van der Waals surface area contributed by atoms with Crippen LogP contribution in [0.15, 0.2) is 91.0 Å². The molecule has 0 heterocycles. The Bertz CT molecular complexity index is 1060. The quantitative estimate of drug-likeness (QED) is 0.405. The zero-order valence-electron chi connectivity index (χ0n) is 18.7. The number of rotatable bonds is 11. The van der Waals surface area contributed by atoms with Crippen molar-refractivity contribution in [1.29, 1.82) is 0 Å². The summed E-state index contributed by atoms with van der Waals surface area (Å²) in [6.45, 7) is 0.0567. The minimum Gasteiger partial charge on any atom is -0.480 e. The van der Waals surface area contributed by atoms with E-state index in [1.807, 2.05) is 91.0 Å². The minimum atomic E-state index is -1.13. The summed E-state index contributed by atoms with van der Waals surface area (Å²) < 4.78 is 5.26. The maximum absolute atomic E-state index is 13.0. The van der Waals surface area contributed by atoms with Gasteiger partial charge in [-0.05, 0) is 29.5 Å². The van der Waals surface area contributed by atoms with Crippen molar-refractivity contribution in [3.63, 3.8) is 0 Å². The third-order valence-corrected chi connectivity index (χ3v) is 5.28. The molecular formula is C27H28N2O5. The number of benzene rings is 3. The number of carbonyl (C=O) groups excluding carboxylic acids is 2. The van der Waals surface area contributed by atoms with E-state index < -0.39 is 30.1 Å². The normalized spacial score (nSPS) is 12.2. The van der Waals surface area contributed by atoms with Gasteiger partial charge in [-0.1, -0.05) is 91.0 Å². The molecule has 0 unspecified atom stereocenters. The smallest absolute Gasteiger partial charge is 0.408 e. The van der Waals surface area contributed by atoms with E-state index in [1.165, 1.54) is 0 Å². The van der Waals surface area contributed by atoms with Gasteiger partial charge in [0.2, 0.25) is 5.91 Å². The summed E-state index contributed by atoms with van der Waals surface area (Å²) in [6.07, 6.45) is 0.157. The lowest BCUT2D eigenvalue weighted by molar-refractivity contribution is -0.142. The Labute approximate surface area is 198 Å². The Morgan fingerprint density at radius 2 is 1.24 bits per heavy atom. The first-order chi connectivity index (χ1) is 16.5. The minimum absolute atomic E-state index is 0.0567. The standard InChI is InChI=1S/C27H28N2O5/c30-25(28-23(26(31)32)17-16-20-10-4-1-5-11-20)24(18-21-12-6-2-7-13-21)29-27(33)34-19-22-14-8-3-9-15-22/h1-15,23-24H,16-19H2,(H,28,30)(H,29,33)(H,31,32)/t23-,24+/m0/s1. The van der Waals surface area contributed by atoms with E-state index in [4.69, 9.17) is 4.74 Å². The summed E-state index contributed by atoms with van der Waals surface area (Å²) in [6, 6.07) is 25.7. The zero-order valence-corrected chi connectivity index (χ0v) is 18.7. The van der Waals surface area contributed by atoms with Crippen molar-refractivity contribution in [2.24, 2.45) is 0 Å². The largest absolute Gasteiger partial charge is 0.480 e. The van der Waals surface area contributed by atoms with Crippen LogP contribution < -0.4 is 10.6 Å². The fraction of sp³-hybridized carbons (Fsp3) is 0.222. The molecule has 2 amide bonds. The highest BCUT2D eigenvalue weighted by Crippen LogP contribution is 2.08. The van der Waals surface area contributed by atoms with Crippen molar-refractivity contribution >= 4 is 18.0 Å². The number of hydrogen-bond acceptors (Lipinski definition) is 4. The number of amides is 2. The Balaban J connectivity index is 1.64. The molecule has 3 aromatic carbocycles. The Kier molecular flexibility index (Phi) is 9.22. The van der Waals surface area contributed by atoms with Crippen LogP contribution in [-0.4, -0.2) is 35.2 Å². The number of carboxylic acids is 1. The van der Waals surface area contributed by atoms with E-state index in [2.05, 4.69) is 10.6 Å². The molecule has 2 atom stereocenters. The molecule has 0 saturated heterocycles. The fourth-order valence-corrected chi connectivity index (χ4v) is 3.45. The Hall–Kier alpha value is -4.13. The molecular weight excluding hydrogens is 432 g/mol. The molecule has 176 valence electrons. The second-order valence-electron chi connectivity index (χ2n) is 7.87. The highest BCUT2D eigenvalue weighted by molar-refractivity contribution is 5.89. The average molecular weight is 461 g/mol. The van der Waals surface area contributed by atoms with Crippen LogP contribution in [0.1, 0.15) is 23.1 Å². The molecule has 3 N–H and O–H groups in total. The molecule has 0 aromatic heterocycles. The molecule has 0 spiro atoms. The van der Waals surface area contributed by atoms with Crippen LogP contribution in [0.25, 0.3) is 0 Å². The van der Waals surface area contributed by atoms with Gasteiger partial charge in [0, 0.05) is 6.42 Å². The summed E-state index contributed by atoms with van der Waals surface area (Å²) in [5.41, 5.74) is 2.61. The Morgan fingerprint density at radius 1 is 0.706 bits per heavy atom. The summed E-state index contributed by atoms with van der Waals surface area (Å²) >= 11 is 0. The summed E-state index contributed by atoms with van der Waals surface area (Å²) in [7, 11) is 0. The van der Waals surface area contributed by atoms with E-state index in [0.29, 0.717) is 6.42 Å². The highest BCUT2D eigenvalue weighted by atomic mass is 16.5. The maximum atomic E-state index is 13.0. The van der Waals surface area contributed by atoms with Crippen molar-refractivity contribution in [3.8, 4) is 0 Å². The SMILES string of the molecule is O=C(N[C@H](Cc1ccccc1)C(=O)N[C@@H](CCc1ccccc1)C(=O)O)OCc1ccccc1. The number of aryl methyl sites for hydroxylation is 1. The van der Waals surface area contributed by atoms with Crippen LogP contribution in [-0.2, 0) is 33.8 Å². The summed E-state index contributed by atoms with van der Waals surface area (Å²) in [5, 5.41) is 14.8. The van der Waals surface area contributed by atoms with Gasteiger partial charge < -0.3 is 20.5 Å². The average Bonchev–Trinajstić information content (AvgIpc) is 2.86. The molecule has 0 bridgehead atoms. The Morgan fingerprint density at radius 3 is 1.79 bits per heavy atom. The second kappa shape index (κ2) is 12.8. The van der Waals surface area contributed by atoms with Gasteiger partial charge >= 0.3 is 12.1 Å². The van der Waals surface area contributed by atoms with Crippen LogP contribution in [0.4, 0.5) is 4.79 Å². The second-order valence-corrected chi connectivity index (χ2v) is 7.87. The lowest BCUT2D eigenvalue weighted by Crippen LogP contribution is -2.52. The lowest BCUT2D eigenvalue weighted by atomic mass is 10.0. The van der Waals surface area contributed by atoms with Crippen LogP contribution in [0, 0.1) is 0 Å². The van der Waals surface area contributed by atoms with Gasteiger partial charge in [-0.2, -0.15) is 0 Å². The number of carbonyl (C=O) groups is 3. The van der Waals surface area contributed by atoms with Gasteiger partial charge in [-0.25, -0.2) is 9.59 Å². The van der Waals surface area contributed by atoms with Gasteiger partial charge in [-0.3, -0.25) is 4.79 Å². The molecule has 0 saturated carbocycles. The topological polar surface area (TPSA) is 105 Å². The van der Waals surface area contributed by atoms with E-state index in [-0.39, 0.29) is 19.4 Å². The van der Waals surface area contributed by atoms with E-state index in [0.717, 1.165) is 16.7 Å². The molecule has 0 radical (unpaired) electrons. The molecule has 0 aliphatic heterocycles. The van der Waals surface area contributed by atoms with Gasteiger partial charge in [-0.15, -0.1) is 0 Å². The predicted molar refractivity (Wildman–Crippen MR) is 128 cm³/mol. The van der Waals surface area contributed by atoms with Crippen LogP contribution in [0.2, 0.25) is 0 Å². The number of alkyl carbamates (subject to hydrolysis) is 1. The first-order valence-electron chi connectivity index (χ1n) is 11.1. The van der Waals surface area contributed by atoms with Crippen LogP contribution in [0.5, 0.6) is 0 Å². The van der Waals surface area contributed by atoms with Crippen LogP contribution >= 0.6 is 0 Å². The van der Waals surface area contributed by atoms with E-state index in [1.54, 1.807) is 0 Å². The maximum Gasteiger partial charge on any atom is 0.408 e. The molecule has 7 nitrogen and oxygen atoms in total. The third-order valence-electron chi connectivity index (χ3n) is 5.28. The molecule has 0 aliphatic rings. The molecule has 0 aliphatic carbocycles. The van der Waals surface area contributed by atoms with Crippen molar-refractivity contribution in [2.75, 3.05) is 0 Å². The van der Waals surface area contributed by atoms with Gasteiger partial charge in [0.05, 0.1) is 0 Å². The summed E-state index contributed by atoms with van der Waals surface area (Å²) in [5.74, 6) is -1.71. The summed E-state index contributed by atoms with van der Waals surface area (Å²) in [4.78, 5) is 37.3. The number of carboxylic acid groups (broad SMARTS) is 1. The first-order valence-corrected chi connectivity index (χ1v) is 11.1. The predicted octanol–water partition coefficient (Wildman–Crippen LogP) is 3.73. The van der Waals surface area contributed by atoms with Gasteiger partial charge in [0.1, 0.15) is 18.7 Å². The molecule has 3 aromatic rings. The first kappa shape index (κ1) is 24.5. The van der Waals surface area contributed by atoms with E-state index in [9.17, 15) is 19.5 Å². The van der Waals surface area contributed by atoms with Crippen molar-refractivity contribution in [2.45, 2.75) is 38.0 Å². The van der Waals surface area contributed by atoms with Crippen molar-refractivity contribution in [1.82, 2.24) is 10.6 Å². The molecule has 3 rings (SSSR count). The highest BCUT2D eigenvalue weighted by Gasteiger charge is 2.27. The number of ether oxygens (including phenoxy) is 1. The van der Waals surface area contributed by atoms with Gasteiger partial charge in [0.25, 0.3) is 0 Å². The number of aliphatic carboxylic acids is 1. The number of nitrogens with one attached hydrogen (secondary N) is 2. The third kappa shape index (κ3) is 8.09. The van der Waals surface area contributed by atoms with Gasteiger partial charge in [0.15, 0.2) is 0 Å². The van der Waals surface area contributed by atoms with Crippen molar-refractivity contribution < 1.29 is 24.2 Å².